The van der Waals surface area contributed by atoms with Gasteiger partial charge >= 0.3 is 0 Å². The van der Waals surface area contributed by atoms with Crippen LogP contribution >= 0.6 is 27.3 Å². The van der Waals surface area contributed by atoms with Gasteiger partial charge in [-0.05, 0) is 27.4 Å². The summed E-state index contributed by atoms with van der Waals surface area (Å²) in [5.41, 5.74) is 5.71. The van der Waals surface area contributed by atoms with Crippen molar-refractivity contribution in [1.29, 1.82) is 5.26 Å². The predicted octanol–water partition coefficient (Wildman–Crippen LogP) is 2.42. The van der Waals surface area contributed by atoms with Crippen LogP contribution in [-0.4, -0.2) is 0 Å². The van der Waals surface area contributed by atoms with Gasteiger partial charge in [0.05, 0.1) is 18.5 Å². The molecular formula is C7H7BrN2S. The maximum atomic E-state index is 8.39. The molecule has 58 valence electrons. The fourth-order valence-electron chi connectivity index (χ4n) is 0.761. The Kier molecular flexibility index (Phi) is 3.06. The van der Waals surface area contributed by atoms with E-state index in [4.69, 9.17) is 11.0 Å². The number of rotatable bonds is 2. The Labute approximate surface area is 77.8 Å². The second kappa shape index (κ2) is 3.86. The monoisotopic (exact) mass is 230 g/mol. The van der Waals surface area contributed by atoms with Gasteiger partial charge in [0, 0.05) is 9.35 Å². The minimum atomic E-state index is -0.144. The van der Waals surface area contributed by atoms with Crippen LogP contribution in [0.5, 0.6) is 0 Å². The number of hydrogen-bond acceptors (Lipinski definition) is 3. The number of nitrogens with two attached hydrogens (primary N) is 1. The number of thiophene rings is 1. The normalized spacial score (nSPS) is 12.5. The van der Waals surface area contributed by atoms with E-state index in [2.05, 4.69) is 15.9 Å². The van der Waals surface area contributed by atoms with Crippen LogP contribution in [0, 0.1) is 11.3 Å². The fraction of sp³-hybridized carbons (Fsp3) is 0.286. The first-order valence-electron chi connectivity index (χ1n) is 3.11. The summed E-state index contributed by atoms with van der Waals surface area (Å²) in [7, 11) is 0. The molecule has 0 aliphatic heterocycles. The van der Waals surface area contributed by atoms with E-state index < -0.39 is 0 Å². The van der Waals surface area contributed by atoms with Crippen LogP contribution in [0.3, 0.4) is 0 Å². The molecule has 1 aromatic heterocycles. The molecule has 2 nitrogen and oxygen atoms in total. The van der Waals surface area contributed by atoms with Gasteiger partial charge in [0.1, 0.15) is 0 Å². The third-order valence-corrected chi connectivity index (χ3v) is 3.30. The van der Waals surface area contributed by atoms with Gasteiger partial charge in [-0.25, -0.2) is 0 Å². The van der Waals surface area contributed by atoms with Gasteiger partial charge in [0.2, 0.25) is 0 Å². The highest BCUT2D eigenvalue weighted by molar-refractivity contribution is 9.10. The molecule has 0 saturated heterocycles. The van der Waals surface area contributed by atoms with Crippen LogP contribution in [0.15, 0.2) is 15.9 Å². The maximum Gasteiger partial charge on any atom is 0.0642 e. The van der Waals surface area contributed by atoms with Crippen molar-refractivity contribution in [3.63, 3.8) is 0 Å². The largest absolute Gasteiger partial charge is 0.322 e. The third-order valence-electron chi connectivity index (χ3n) is 1.29. The van der Waals surface area contributed by atoms with E-state index in [9.17, 15) is 0 Å². The molecule has 0 saturated carbocycles. The van der Waals surface area contributed by atoms with Crippen molar-refractivity contribution in [2.75, 3.05) is 0 Å². The van der Waals surface area contributed by atoms with Gasteiger partial charge in [-0.1, -0.05) is 0 Å². The highest BCUT2D eigenvalue weighted by Gasteiger charge is 2.09. The number of halogens is 1. The molecule has 0 bridgehead atoms. The van der Waals surface area contributed by atoms with Crippen molar-refractivity contribution in [1.82, 2.24) is 0 Å². The molecule has 0 amide bonds. The minimum Gasteiger partial charge on any atom is -0.322 e. The predicted molar refractivity (Wildman–Crippen MR) is 49.2 cm³/mol. The average molecular weight is 231 g/mol. The van der Waals surface area contributed by atoms with Crippen LogP contribution < -0.4 is 5.73 Å². The van der Waals surface area contributed by atoms with Crippen molar-refractivity contribution >= 4 is 27.3 Å². The standard InChI is InChI=1S/C7H7BrN2S/c8-5-2-4-11-7(5)6(10)1-3-9/h2,4,6H,1,10H2/t6-/m0/s1. The Hall–Kier alpha value is -0.370. The Bertz CT molecular complexity index is 276. The first-order chi connectivity index (χ1) is 5.25. The van der Waals surface area contributed by atoms with E-state index in [1.54, 1.807) is 11.3 Å². The summed E-state index contributed by atoms with van der Waals surface area (Å²) in [5, 5.41) is 10.3. The van der Waals surface area contributed by atoms with E-state index in [0.29, 0.717) is 6.42 Å². The first kappa shape index (κ1) is 8.72. The summed E-state index contributed by atoms with van der Waals surface area (Å²) in [6, 6.07) is 3.84. The lowest BCUT2D eigenvalue weighted by Gasteiger charge is -2.03. The molecule has 4 heteroatoms. The fourth-order valence-corrected chi connectivity index (χ4v) is 2.43. The van der Waals surface area contributed by atoms with Crippen LogP contribution in [0.4, 0.5) is 0 Å². The van der Waals surface area contributed by atoms with E-state index in [1.165, 1.54) is 0 Å². The molecule has 11 heavy (non-hydrogen) atoms. The summed E-state index contributed by atoms with van der Waals surface area (Å²) in [6.07, 6.45) is 0.374. The lowest BCUT2D eigenvalue weighted by molar-refractivity contribution is 0.761. The Morgan fingerprint density at radius 3 is 3.00 bits per heavy atom. The highest BCUT2D eigenvalue weighted by atomic mass is 79.9. The van der Waals surface area contributed by atoms with E-state index >= 15 is 0 Å². The second-order valence-electron chi connectivity index (χ2n) is 2.10. The SMILES string of the molecule is N#CC[C@H](N)c1sccc1Br. The molecule has 0 unspecified atom stereocenters. The Morgan fingerprint density at radius 1 is 1.82 bits per heavy atom. The van der Waals surface area contributed by atoms with Gasteiger partial charge in [-0.3, -0.25) is 0 Å². The number of hydrogen-bond donors (Lipinski definition) is 1. The molecule has 0 aromatic carbocycles. The second-order valence-corrected chi connectivity index (χ2v) is 3.90. The van der Waals surface area contributed by atoms with Gasteiger partial charge in [0.25, 0.3) is 0 Å². The molecule has 1 heterocycles. The zero-order valence-corrected chi connectivity index (χ0v) is 8.15. The summed E-state index contributed by atoms with van der Waals surface area (Å²) < 4.78 is 1.00. The minimum absolute atomic E-state index is 0.144. The third kappa shape index (κ3) is 2.03. The van der Waals surface area contributed by atoms with E-state index in [1.807, 2.05) is 17.5 Å². The molecular weight excluding hydrogens is 224 g/mol. The van der Waals surface area contributed by atoms with E-state index in [-0.39, 0.29) is 6.04 Å². The summed E-state index contributed by atoms with van der Waals surface area (Å²) in [6.45, 7) is 0. The maximum absolute atomic E-state index is 8.39. The topological polar surface area (TPSA) is 49.8 Å². The van der Waals surface area contributed by atoms with Crippen molar-refractivity contribution in [2.45, 2.75) is 12.5 Å². The van der Waals surface area contributed by atoms with Crippen LogP contribution in [0.25, 0.3) is 0 Å². The molecule has 0 radical (unpaired) electrons. The van der Waals surface area contributed by atoms with Gasteiger partial charge < -0.3 is 5.73 Å². The highest BCUT2D eigenvalue weighted by Crippen LogP contribution is 2.28. The average Bonchev–Trinajstić information content (AvgIpc) is 2.36. The Morgan fingerprint density at radius 2 is 2.55 bits per heavy atom. The van der Waals surface area contributed by atoms with Crippen LogP contribution in [-0.2, 0) is 0 Å². The molecule has 2 N–H and O–H groups in total. The molecule has 0 spiro atoms. The zero-order valence-electron chi connectivity index (χ0n) is 5.75. The van der Waals surface area contributed by atoms with Gasteiger partial charge in [0.15, 0.2) is 0 Å². The van der Waals surface area contributed by atoms with Crippen LogP contribution in [0.2, 0.25) is 0 Å². The van der Waals surface area contributed by atoms with Gasteiger partial charge in [-0.15, -0.1) is 11.3 Å². The van der Waals surface area contributed by atoms with Crippen LogP contribution in [0.1, 0.15) is 17.3 Å². The molecule has 1 atom stereocenters. The molecule has 0 aliphatic carbocycles. The van der Waals surface area contributed by atoms with Crippen molar-refractivity contribution in [3.05, 3.63) is 20.8 Å². The lowest BCUT2D eigenvalue weighted by Crippen LogP contribution is -2.07. The summed E-state index contributed by atoms with van der Waals surface area (Å²) in [4.78, 5) is 1.05. The molecule has 1 rings (SSSR count). The van der Waals surface area contributed by atoms with Crippen molar-refractivity contribution in [3.8, 4) is 6.07 Å². The number of nitrogens with zero attached hydrogens (tertiary/aromatic N) is 1. The van der Waals surface area contributed by atoms with Gasteiger partial charge in [-0.2, -0.15) is 5.26 Å². The molecule has 0 aliphatic rings. The zero-order chi connectivity index (χ0) is 8.27. The van der Waals surface area contributed by atoms with Crippen molar-refractivity contribution in [2.24, 2.45) is 5.73 Å². The lowest BCUT2D eigenvalue weighted by atomic mass is 10.2. The Balaban J connectivity index is 2.77. The molecule has 1 aromatic rings. The van der Waals surface area contributed by atoms with Crippen molar-refractivity contribution < 1.29 is 0 Å². The van der Waals surface area contributed by atoms with E-state index in [0.717, 1.165) is 9.35 Å². The summed E-state index contributed by atoms with van der Waals surface area (Å²) in [5.74, 6) is 0. The quantitative estimate of drug-likeness (QED) is 0.849. The summed E-state index contributed by atoms with van der Waals surface area (Å²) >= 11 is 4.93. The smallest absolute Gasteiger partial charge is 0.0642 e. The first-order valence-corrected chi connectivity index (χ1v) is 4.78. The number of nitriles is 1. The molecule has 0 fully saturated rings.